The van der Waals surface area contributed by atoms with E-state index in [2.05, 4.69) is 64.2 Å². The average molecular weight is 262 g/mol. The summed E-state index contributed by atoms with van der Waals surface area (Å²) in [6, 6.07) is 11.1. The normalized spacial score (nSPS) is 28.9. The number of rotatable bonds is 3. The smallest absolute Gasteiger partial charge is 0.0865 e. The van der Waals surface area contributed by atoms with Crippen LogP contribution in [-0.4, -0.2) is 20.8 Å². The summed E-state index contributed by atoms with van der Waals surface area (Å²) in [4.78, 5) is 0. The van der Waals surface area contributed by atoms with Gasteiger partial charge in [-0.05, 0) is 17.4 Å². The molecule has 1 fully saturated rings. The van der Waals surface area contributed by atoms with Crippen LogP contribution in [0.3, 0.4) is 0 Å². The van der Waals surface area contributed by atoms with Crippen LogP contribution >= 0.6 is 0 Å². The van der Waals surface area contributed by atoms with Gasteiger partial charge in [0.25, 0.3) is 0 Å². The highest BCUT2D eigenvalue weighted by Crippen LogP contribution is 2.42. The summed E-state index contributed by atoms with van der Waals surface area (Å²) in [6.07, 6.45) is 0.446. The van der Waals surface area contributed by atoms with Crippen LogP contribution in [0.4, 0.5) is 0 Å². The van der Waals surface area contributed by atoms with Crippen LogP contribution in [0.5, 0.6) is 0 Å². The van der Waals surface area contributed by atoms with Crippen LogP contribution in [-0.2, 0) is 4.74 Å². The fraction of sp³-hybridized carbons (Fsp3) is 0.625. The second-order valence-electron chi connectivity index (χ2n) is 6.63. The largest absolute Gasteiger partial charge is 0.378 e. The Balaban J connectivity index is 2.33. The summed E-state index contributed by atoms with van der Waals surface area (Å²) >= 11 is 0. The van der Waals surface area contributed by atoms with Gasteiger partial charge in [0, 0.05) is 6.61 Å². The van der Waals surface area contributed by atoms with Crippen LogP contribution in [0.25, 0.3) is 0 Å². The van der Waals surface area contributed by atoms with E-state index >= 15 is 0 Å². The highest BCUT2D eigenvalue weighted by Gasteiger charge is 2.47. The van der Waals surface area contributed by atoms with Gasteiger partial charge in [-0.1, -0.05) is 69.4 Å². The second kappa shape index (κ2) is 5.18. The molecule has 1 heterocycles. The molecule has 2 rings (SSSR count). The molecule has 100 valence electrons. The van der Waals surface area contributed by atoms with Crippen molar-refractivity contribution in [1.82, 2.24) is 0 Å². The Hall–Kier alpha value is -0.603. The van der Waals surface area contributed by atoms with Gasteiger partial charge in [0.05, 0.1) is 14.2 Å². The zero-order chi connectivity index (χ0) is 13.3. The highest BCUT2D eigenvalue weighted by atomic mass is 28.3. The molecule has 1 aliphatic heterocycles. The molecule has 0 aliphatic carbocycles. The van der Waals surface area contributed by atoms with Crippen molar-refractivity contribution in [3.63, 3.8) is 0 Å². The zero-order valence-corrected chi connectivity index (χ0v) is 13.3. The predicted octanol–water partition coefficient (Wildman–Crippen LogP) is 3.66. The standard InChI is InChI=1S/C16H26OSi/c1-12(2)15-16(13(3)11-17-15)18(4,5)14-9-7-6-8-10-14/h6-10,12-13,15-16H,11H2,1-5H3/t13-,15+,16-/m0/s1. The highest BCUT2D eigenvalue weighted by molar-refractivity contribution is 6.91. The summed E-state index contributed by atoms with van der Waals surface area (Å²) in [6.45, 7) is 12.9. The minimum Gasteiger partial charge on any atom is -0.378 e. The monoisotopic (exact) mass is 262 g/mol. The SMILES string of the molecule is CC(C)[C@H]1OC[C@H](C)[C@@H]1[Si](C)(C)c1ccccc1. The molecule has 0 N–H and O–H groups in total. The maximum atomic E-state index is 6.08. The third-order valence-electron chi connectivity index (χ3n) is 4.53. The molecule has 1 aromatic carbocycles. The van der Waals surface area contributed by atoms with Gasteiger partial charge in [-0.3, -0.25) is 0 Å². The van der Waals surface area contributed by atoms with Crippen LogP contribution < -0.4 is 5.19 Å². The molecular weight excluding hydrogens is 236 g/mol. The predicted molar refractivity (Wildman–Crippen MR) is 81.1 cm³/mol. The van der Waals surface area contributed by atoms with Crippen molar-refractivity contribution in [2.45, 2.75) is 45.5 Å². The number of hydrogen-bond donors (Lipinski definition) is 0. The van der Waals surface area contributed by atoms with Crippen LogP contribution in [0.15, 0.2) is 30.3 Å². The van der Waals surface area contributed by atoms with Crippen molar-refractivity contribution in [1.29, 1.82) is 0 Å². The molecule has 0 saturated carbocycles. The minimum atomic E-state index is -1.46. The van der Waals surface area contributed by atoms with Crippen LogP contribution in [0, 0.1) is 11.8 Å². The van der Waals surface area contributed by atoms with Crippen molar-refractivity contribution in [3.05, 3.63) is 30.3 Å². The average Bonchev–Trinajstić information content (AvgIpc) is 2.73. The Morgan fingerprint density at radius 1 is 1.17 bits per heavy atom. The van der Waals surface area contributed by atoms with Gasteiger partial charge < -0.3 is 4.74 Å². The minimum absolute atomic E-state index is 0.446. The van der Waals surface area contributed by atoms with Crippen molar-refractivity contribution in [3.8, 4) is 0 Å². The Labute approximate surface area is 113 Å². The lowest BCUT2D eigenvalue weighted by atomic mass is 9.99. The van der Waals surface area contributed by atoms with Crippen molar-refractivity contribution < 1.29 is 4.74 Å². The molecule has 0 bridgehead atoms. The van der Waals surface area contributed by atoms with E-state index in [1.54, 1.807) is 5.19 Å². The van der Waals surface area contributed by atoms with Crippen molar-refractivity contribution in [2.75, 3.05) is 6.61 Å². The fourth-order valence-electron chi connectivity index (χ4n) is 3.58. The van der Waals surface area contributed by atoms with Gasteiger partial charge in [0.15, 0.2) is 0 Å². The lowest BCUT2D eigenvalue weighted by molar-refractivity contribution is 0.0730. The second-order valence-corrected chi connectivity index (χ2v) is 11.3. The summed E-state index contributed by atoms with van der Waals surface area (Å²) in [5.41, 5.74) is 0.736. The molecule has 0 amide bonds. The van der Waals surface area contributed by atoms with E-state index in [-0.39, 0.29) is 0 Å². The number of ether oxygens (including phenoxy) is 1. The third-order valence-corrected chi connectivity index (χ3v) is 8.91. The Morgan fingerprint density at radius 3 is 2.33 bits per heavy atom. The van der Waals surface area contributed by atoms with Gasteiger partial charge in [0.1, 0.15) is 0 Å². The molecule has 1 aliphatic rings. The maximum absolute atomic E-state index is 6.08. The molecular formula is C16H26OSi. The molecule has 0 radical (unpaired) electrons. The first-order valence-electron chi connectivity index (χ1n) is 7.11. The molecule has 0 spiro atoms. The van der Waals surface area contributed by atoms with Crippen LogP contribution in [0.2, 0.25) is 18.6 Å². The van der Waals surface area contributed by atoms with Crippen LogP contribution in [0.1, 0.15) is 20.8 Å². The Morgan fingerprint density at radius 2 is 1.78 bits per heavy atom. The number of hydrogen-bond acceptors (Lipinski definition) is 1. The molecule has 0 aromatic heterocycles. The van der Waals surface area contributed by atoms with Gasteiger partial charge in [-0.2, -0.15) is 0 Å². The van der Waals surface area contributed by atoms with E-state index in [9.17, 15) is 0 Å². The first-order chi connectivity index (χ1) is 8.44. The first kappa shape index (κ1) is 13.8. The fourth-order valence-corrected chi connectivity index (χ4v) is 7.84. The van der Waals surface area contributed by atoms with E-state index in [4.69, 9.17) is 4.74 Å². The maximum Gasteiger partial charge on any atom is 0.0865 e. The lowest BCUT2D eigenvalue weighted by Crippen LogP contribution is -2.51. The molecule has 2 heteroatoms. The summed E-state index contributed by atoms with van der Waals surface area (Å²) in [5, 5.41) is 1.57. The Bertz CT molecular complexity index is 385. The van der Waals surface area contributed by atoms with E-state index < -0.39 is 8.07 Å². The third kappa shape index (κ3) is 2.41. The summed E-state index contributed by atoms with van der Waals surface area (Å²) in [5.74, 6) is 1.31. The quantitative estimate of drug-likeness (QED) is 0.755. The summed E-state index contributed by atoms with van der Waals surface area (Å²) in [7, 11) is -1.46. The molecule has 3 atom stereocenters. The Kier molecular flexibility index (Phi) is 3.98. The lowest BCUT2D eigenvalue weighted by Gasteiger charge is -2.37. The summed E-state index contributed by atoms with van der Waals surface area (Å²) < 4.78 is 6.08. The molecule has 0 unspecified atom stereocenters. The first-order valence-corrected chi connectivity index (χ1v) is 10.2. The number of benzene rings is 1. The zero-order valence-electron chi connectivity index (χ0n) is 12.3. The van der Waals surface area contributed by atoms with Crippen molar-refractivity contribution in [2.24, 2.45) is 11.8 Å². The van der Waals surface area contributed by atoms with Gasteiger partial charge in [-0.25, -0.2) is 0 Å². The van der Waals surface area contributed by atoms with Gasteiger partial charge >= 0.3 is 0 Å². The van der Waals surface area contributed by atoms with E-state index in [1.807, 2.05) is 0 Å². The van der Waals surface area contributed by atoms with Gasteiger partial charge in [-0.15, -0.1) is 0 Å². The van der Waals surface area contributed by atoms with E-state index in [0.29, 0.717) is 17.9 Å². The van der Waals surface area contributed by atoms with E-state index in [1.165, 1.54) is 0 Å². The topological polar surface area (TPSA) is 9.23 Å². The molecule has 18 heavy (non-hydrogen) atoms. The van der Waals surface area contributed by atoms with Crippen molar-refractivity contribution >= 4 is 13.3 Å². The molecule has 1 aromatic rings. The van der Waals surface area contributed by atoms with Gasteiger partial charge in [0.2, 0.25) is 0 Å². The molecule has 1 nitrogen and oxygen atoms in total. The van der Waals surface area contributed by atoms with E-state index in [0.717, 1.165) is 12.1 Å². The molecule has 1 saturated heterocycles.